The van der Waals surface area contributed by atoms with Crippen molar-refractivity contribution in [3.05, 3.63) is 59.7 Å². The second-order valence-corrected chi connectivity index (χ2v) is 7.47. The van der Waals surface area contributed by atoms with Gasteiger partial charge in [0.1, 0.15) is 16.5 Å². The Hall–Kier alpha value is -3.06. The molecule has 0 radical (unpaired) electrons. The van der Waals surface area contributed by atoms with Crippen molar-refractivity contribution in [2.75, 3.05) is 25.3 Å². The van der Waals surface area contributed by atoms with Crippen LogP contribution < -0.4 is 14.8 Å². The molecule has 7 heteroatoms. The normalized spacial score (nSPS) is 10.5. The van der Waals surface area contributed by atoms with Crippen LogP contribution in [0.4, 0.5) is 5.69 Å². The van der Waals surface area contributed by atoms with Crippen LogP contribution in [0.15, 0.2) is 53.6 Å². The van der Waals surface area contributed by atoms with Crippen molar-refractivity contribution in [1.29, 1.82) is 0 Å². The maximum atomic E-state index is 12.3. The van der Waals surface area contributed by atoms with Crippen molar-refractivity contribution in [1.82, 2.24) is 10.2 Å². The molecule has 0 atom stereocenters. The topological polar surface area (TPSA) is 73.3 Å². The molecule has 0 aliphatic rings. The molecular weight excluding hydrogens is 386 g/mol. The summed E-state index contributed by atoms with van der Waals surface area (Å²) in [6.45, 7) is 4.10. The zero-order valence-electron chi connectivity index (χ0n) is 16.9. The predicted octanol–water partition coefficient (Wildman–Crippen LogP) is 4.51. The second-order valence-electron chi connectivity index (χ2n) is 6.48. The molecule has 29 heavy (non-hydrogen) atoms. The molecular formula is C22H23N3O3S. The van der Waals surface area contributed by atoms with E-state index in [1.807, 2.05) is 12.1 Å². The van der Waals surface area contributed by atoms with Crippen LogP contribution in [0.2, 0.25) is 0 Å². The van der Waals surface area contributed by atoms with Gasteiger partial charge in [0.05, 0.1) is 31.4 Å². The van der Waals surface area contributed by atoms with Crippen molar-refractivity contribution in [2.45, 2.75) is 18.9 Å². The van der Waals surface area contributed by atoms with Gasteiger partial charge < -0.3 is 14.8 Å². The third-order valence-corrected chi connectivity index (χ3v) is 5.26. The van der Waals surface area contributed by atoms with E-state index >= 15 is 0 Å². The van der Waals surface area contributed by atoms with Crippen molar-refractivity contribution in [2.24, 2.45) is 0 Å². The fourth-order valence-corrected chi connectivity index (χ4v) is 3.40. The largest absolute Gasteiger partial charge is 0.497 e. The van der Waals surface area contributed by atoms with Gasteiger partial charge >= 0.3 is 0 Å². The summed E-state index contributed by atoms with van der Waals surface area (Å²) in [4.78, 5) is 12.3. The molecule has 150 valence electrons. The second kappa shape index (κ2) is 9.43. The summed E-state index contributed by atoms with van der Waals surface area (Å²) in [5.41, 5.74) is 4.78. The van der Waals surface area contributed by atoms with Gasteiger partial charge in [-0.3, -0.25) is 4.79 Å². The van der Waals surface area contributed by atoms with E-state index in [1.165, 1.54) is 17.3 Å². The van der Waals surface area contributed by atoms with Crippen molar-refractivity contribution in [3.63, 3.8) is 0 Å². The van der Waals surface area contributed by atoms with E-state index in [9.17, 15) is 4.79 Å². The fourth-order valence-electron chi connectivity index (χ4n) is 2.79. The number of nitrogens with zero attached hydrogens (tertiary/aromatic N) is 2. The highest BCUT2D eigenvalue weighted by Gasteiger charge is 2.11. The van der Waals surface area contributed by atoms with Crippen molar-refractivity contribution < 1.29 is 14.3 Å². The van der Waals surface area contributed by atoms with Gasteiger partial charge in [-0.15, -0.1) is 10.2 Å². The highest BCUT2D eigenvalue weighted by Crippen LogP contribution is 2.29. The smallest absolute Gasteiger partial charge is 0.234 e. The minimum atomic E-state index is -0.165. The van der Waals surface area contributed by atoms with E-state index in [1.54, 1.807) is 32.4 Å². The van der Waals surface area contributed by atoms with Gasteiger partial charge in [0.2, 0.25) is 5.91 Å². The molecule has 0 fully saturated rings. The maximum Gasteiger partial charge on any atom is 0.234 e. The lowest BCUT2D eigenvalue weighted by atomic mass is 10.0. The standard InChI is InChI=1S/C22H23N3O3S/c1-14-5-6-15(2)17(11-14)18-8-10-22(25-24-18)29-13-21(26)23-19-12-16(27-3)7-9-20(19)28-4/h5-12H,13H2,1-4H3,(H,23,26). The number of carbonyl (C=O) groups excluding carboxylic acids is 1. The molecule has 1 aromatic heterocycles. The van der Waals surface area contributed by atoms with Crippen LogP contribution in [0, 0.1) is 13.8 Å². The average Bonchev–Trinajstić information content (AvgIpc) is 2.74. The fraction of sp³-hybridized carbons (Fsp3) is 0.227. The lowest BCUT2D eigenvalue weighted by molar-refractivity contribution is -0.113. The first-order chi connectivity index (χ1) is 14.0. The zero-order chi connectivity index (χ0) is 20.8. The SMILES string of the molecule is COc1ccc(OC)c(NC(=O)CSc2ccc(-c3cc(C)ccc3C)nn2)c1. The number of methoxy groups -OCH3 is 2. The summed E-state index contributed by atoms with van der Waals surface area (Å²) in [6, 6.07) is 15.3. The van der Waals surface area contributed by atoms with E-state index in [0.29, 0.717) is 22.2 Å². The highest BCUT2D eigenvalue weighted by atomic mass is 32.2. The lowest BCUT2D eigenvalue weighted by Gasteiger charge is -2.11. The van der Waals surface area contributed by atoms with Crippen molar-refractivity contribution in [3.8, 4) is 22.8 Å². The third-order valence-electron chi connectivity index (χ3n) is 4.34. The Morgan fingerprint density at radius 2 is 1.83 bits per heavy atom. The van der Waals surface area contributed by atoms with E-state index < -0.39 is 0 Å². The highest BCUT2D eigenvalue weighted by molar-refractivity contribution is 7.99. The first-order valence-electron chi connectivity index (χ1n) is 9.06. The molecule has 0 unspecified atom stereocenters. The Bertz CT molecular complexity index is 1010. The van der Waals surface area contributed by atoms with Crippen LogP contribution in [-0.4, -0.2) is 36.1 Å². The minimum Gasteiger partial charge on any atom is -0.497 e. The van der Waals surface area contributed by atoms with Crippen LogP contribution >= 0.6 is 11.8 Å². The molecule has 0 aliphatic heterocycles. The van der Waals surface area contributed by atoms with Crippen LogP contribution in [-0.2, 0) is 4.79 Å². The molecule has 2 aromatic carbocycles. The van der Waals surface area contributed by atoms with E-state index in [-0.39, 0.29) is 11.7 Å². The number of nitrogens with one attached hydrogen (secondary N) is 1. The quantitative estimate of drug-likeness (QED) is 0.579. The van der Waals surface area contributed by atoms with Crippen LogP contribution in [0.25, 0.3) is 11.3 Å². The number of benzene rings is 2. The van der Waals surface area contributed by atoms with Gasteiger partial charge in [-0.05, 0) is 49.7 Å². The van der Waals surface area contributed by atoms with Gasteiger partial charge in [0.25, 0.3) is 0 Å². The summed E-state index contributed by atoms with van der Waals surface area (Å²) in [6.07, 6.45) is 0. The van der Waals surface area contributed by atoms with Gasteiger partial charge in [0, 0.05) is 11.6 Å². The number of aromatic nitrogens is 2. The molecule has 0 spiro atoms. The Morgan fingerprint density at radius 3 is 2.52 bits per heavy atom. The molecule has 6 nitrogen and oxygen atoms in total. The lowest BCUT2D eigenvalue weighted by Crippen LogP contribution is -2.15. The Balaban J connectivity index is 1.63. The Labute approximate surface area is 174 Å². The summed E-state index contributed by atoms with van der Waals surface area (Å²) in [5.74, 6) is 1.25. The first kappa shape index (κ1) is 20.7. The summed E-state index contributed by atoms with van der Waals surface area (Å²) in [5, 5.41) is 12.1. The molecule has 0 aliphatic carbocycles. The minimum absolute atomic E-state index is 0.165. The molecule has 3 aromatic rings. The number of carbonyl (C=O) groups is 1. The first-order valence-corrected chi connectivity index (χ1v) is 10.0. The number of aryl methyl sites for hydroxylation is 2. The summed E-state index contributed by atoms with van der Waals surface area (Å²) >= 11 is 1.32. The maximum absolute atomic E-state index is 12.3. The van der Waals surface area contributed by atoms with E-state index in [2.05, 4.69) is 47.6 Å². The monoisotopic (exact) mass is 409 g/mol. The number of anilines is 1. The zero-order valence-corrected chi connectivity index (χ0v) is 17.7. The number of thioether (sulfide) groups is 1. The molecule has 0 saturated heterocycles. The Morgan fingerprint density at radius 1 is 1.00 bits per heavy atom. The number of hydrogen-bond donors (Lipinski definition) is 1. The molecule has 0 saturated carbocycles. The molecule has 1 heterocycles. The molecule has 3 rings (SSSR count). The predicted molar refractivity (Wildman–Crippen MR) is 116 cm³/mol. The Kier molecular flexibility index (Phi) is 6.72. The molecule has 0 bridgehead atoms. The number of amides is 1. The summed E-state index contributed by atoms with van der Waals surface area (Å²) < 4.78 is 10.5. The van der Waals surface area contributed by atoms with Crippen molar-refractivity contribution >= 4 is 23.4 Å². The number of ether oxygens (including phenoxy) is 2. The molecule has 1 amide bonds. The van der Waals surface area contributed by atoms with Crippen LogP contribution in [0.5, 0.6) is 11.5 Å². The van der Waals surface area contributed by atoms with Crippen LogP contribution in [0.1, 0.15) is 11.1 Å². The van der Waals surface area contributed by atoms with Gasteiger partial charge in [0.15, 0.2) is 0 Å². The molecule has 1 N–H and O–H groups in total. The van der Waals surface area contributed by atoms with Crippen LogP contribution in [0.3, 0.4) is 0 Å². The van der Waals surface area contributed by atoms with E-state index in [4.69, 9.17) is 9.47 Å². The average molecular weight is 410 g/mol. The van der Waals surface area contributed by atoms with E-state index in [0.717, 1.165) is 16.8 Å². The number of hydrogen-bond acceptors (Lipinski definition) is 6. The number of rotatable bonds is 7. The summed E-state index contributed by atoms with van der Waals surface area (Å²) in [7, 11) is 3.13. The third kappa shape index (κ3) is 5.26. The van der Waals surface area contributed by atoms with Gasteiger partial charge in [-0.25, -0.2) is 0 Å². The van der Waals surface area contributed by atoms with Gasteiger partial charge in [-0.1, -0.05) is 29.5 Å². The van der Waals surface area contributed by atoms with Gasteiger partial charge in [-0.2, -0.15) is 0 Å².